The third-order valence-corrected chi connectivity index (χ3v) is 4.58. The van der Waals surface area contributed by atoms with E-state index in [2.05, 4.69) is 0 Å². The standard InChI is InChI=1S/C12H25N2O3PS/c1-12(4-3-10(14)15,9-19-8-5-13)11(16)17-6-7-18-2/h18H,3-9,13H2,1-2H3,(H2,14,15)/i3T. The maximum atomic E-state index is 12.2. The highest BCUT2D eigenvalue weighted by Crippen LogP contribution is 2.30. The lowest BCUT2D eigenvalue weighted by atomic mass is 9.87. The summed E-state index contributed by atoms with van der Waals surface area (Å²) in [5.41, 5.74) is 9.67. The molecule has 1 amide bonds. The number of thioether (sulfide) groups is 1. The normalized spacial score (nSPS) is 16.9. The lowest BCUT2D eigenvalue weighted by molar-refractivity contribution is -0.153. The van der Waals surface area contributed by atoms with Crippen molar-refractivity contribution in [2.45, 2.75) is 19.7 Å². The monoisotopic (exact) mass is 310 g/mol. The van der Waals surface area contributed by atoms with Gasteiger partial charge in [0.1, 0.15) is 0 Å². The number of esters is 1. The SMILES string of the molecule is [3H]C(CC(C)(CSCCN)C(=O)OCCPC)C(N)=O. The molecule has 3 atom stereocenters. The van der Waals surface area contributed by atoms with Crippen LogP contribution >= 0.6 is 20.3 Å². The van der Waals surface area contributed by atoms with Crippen molar-refractivity contribution in [1.82, 2.24) is 0 Å². The van der Waals surface area contributed by atoms with E-state index in [-0.39, 0.29) is 12.4 Å². The molecule has 19 heavy (non-hydrogen) atoms. The van der Waals surface area contributed by atoms with Crippen molar-refractivity contribution < 1.29 is 15.7 Å². The van der Waals surface area contributed by atoms with E-state index < -0.39 is 17.7 Å². The van der Waals surface area contributed by atoms with Crippen LogP contribution in [0.5, 0.6) is 0 Å². The zero-order valence-electron chi connectivity index (χ0n) is 12.6. The first-order valence-corrected chi connectivity index (χ1v) is 9.04. The Labute approximate surface area is 122 Å². The molecule has 0 fully saturated rings. The van der Waals surface area contributed by atoms with Crippen LogP contribution in [-0.4, -0.2) is 49.4 Å². The van der Waals surface area contributed by atoms with Crippen LogP contribution in [0.15, 0.2) is 0 Å². The Morgan fingerprint density at radius 1 is 1.53 bits per heavy atom. The highest BCUT2D eigenvalue weighted by molar-refractivity contribution is 7.99. The van der Waals surface area contributed by atoms with Crippen molar-refractivity contribution in [3.63, 3.8) is 0 Å². The zero-order valence-corrected chi connectivity index (χ0v) is 13.4. The Morgan fingerprint density at radius 3 is 2.74 bits per heavy atom. The van der Waals surface area contributed by atoms with Gasteiger partial charge in [-0.3, -0.25) is 9.59 Å². The summed E-state index contributed by atoms with van der Waals surface area (Å²) in [6.07, 6.45) is -0.190. The summed E-state index contributed by atoms with van der Waals surface area (Å²) in [7, 11) is 0.724. The summed E-state index contributed by atoms with van der Waals surface area (Å²) < 4.78 is 12.9. The van der Waals surface area contributed by atoms with Crippen LogP contribution in [0.25, 0.3) is 0 Å². The van der Waals surface area contributed by atoms with Crippen molar-refractivity contribution in [3.8, 4) is 0 Å². The number of hydrogen-bond donors (Lipinski definition) is 2. The lowest BCUT2D eigenvalue weighted by Gasteiger charge is -2.26. The Morgan fingerprint density at radius 2 is 2.21 bits per heavy atom. The fourth-order valence-electron chi connectivity index (χ4n) is 1.33. The van der Waals surface area contributed by atoms with Gasteiger partial charge >= 0.3 is 5.97 Å². The number of carbonyl (C=O) groups excluding carboxylic acids is 2. The van der Waals surface area contributed by atoms with E-state index in [4.69, 9.17) is 17.6 Å². The van der Waals surface area contributed by atoms with Gasteiger partial charge in [-0.15, -0.1) is 8.58 Å². The van der Waals surface area contributed by atoms with Crippen LogP contribution in [0.4, 0.5) is 0 Å². The molecule has 0 aromatic rings. The second kappa shape index (κ2) is 10.5. The average molecular weight is 310 g/mol. The third-order valence-electron chi connectivity index (χ3n) is 2.51. The summed E-state index contributed by atoms with van der Waals surface area (Å²) in [5.74, 6) is 0.111. The second-order valence-corrected chi connectivity index (χ2v) is 6.76. The van der Waals surface area contributed by atoms with Gasteiger partial charge in [0.2, 0.25) is 5.91 Å². The number of ether oxygens (including phenoxy) is 1. The number of amides is 1. The Hall–Kier alpha value is -0.320. The number of nitrogens with two attached hydrogens (primary N) is 2. The Balaban J connectivity index is 4.66. The van der Waals surface area contributed by atoms with E-state index in [9.17, 15) is 9.59 Å². The maximum Gasteiger partial charge on any atom is 0.312 e. The maximum absolute atomic E-state index is 12.2. The van der Waals surface area contributed by atoms with E-state index in [1.807, 2.05) is 6.66 Å². The molecule has 0 rings (SSSR count). The number of primary amides is 1. The summed E-state index contributed by atoms with van der Waals surface area (Å²) in [5, 5.41) is 0. The molecule has 0 saturated heterocycles. The molecule has 112 valence electrons. The first-order valence-electron chi connectivity index (χ1n) is 6.76. The van der Waals surface area contributed by atoms with Crippen LogP contribution in [0.1, 0.15) is 21.1 Å². The quantitative estimate of drug-likeness (QED) is 0.334. The molecule has 0 radical (unpaired) electrons. The van der Waals surface area contributed by atoms with Gasteiger partial charge in [0, 0.05) is 25.8 Å². The van der Waals surface area contributed by atoms with Crippen LogP contribution in [-0.2, 0) is 14.3 Å². The van der Waals surface area contributed by atoms with Gasteiger partial charge in [0.05, 0.1) is 12.0 Å². The van der Waals surface area contributed by atoms with Crippen molar-refractivity contribution in [2.24, 2.45) is 16.9 Å². The zero-order chi connectivity index (χ0) is 15.6. The molecule has 0 aliphatic heterocycles. The predicted molar refractivity (Wildman–Crippen MR) is 83.0 cm³/mol. The van der Waals surface area contributed by atoms with Gasteiger partial charge in [-0.05, 0) is 26.2 Å². The minimum absolute atomic E-state index is 0.0765. The molecule has 5 nitrogen and oxygen atoms in total. The smallest absolute Gasteiger partial charge is 0.312 e. The second-order valence-electron chi connectivity index (χ2n) is 4.45. The molecule has 0 heterocycles. The summed E-state index contributed by atoms with van der Waals surface area (Å²) in [4.78, 5) is 23.2. The minimum Gasteiger partial charge on any atom is -0.465 e. The van der Waals surface area contributed by atoms with Gasteiger partial charge in [-0.2, -0.15) is 11.8 Å². The Bertz CT molecular complexity index is 323. The molecule has 4 N–H and O–H groups in total. The molecule has 7 heteroatoms. The summed E-state index contributed by atoms with van der Waals surface area (Å²) in [6, 6.07) is 0. The van der Waals surface area contributed by atoms with E-state index in [1.165, 1.54) is 11.8 Å². The topological polar surface area (TPSA) is 95.4 Å². The number of hydrogen-bond acceptors (Lipinski definition) is 5. The fraction of sp³-hybridized carbons (Fsp3) is 0.833. The van der Waals surface area contributed by atoms with Crippen molar-refractivity contribution in [2.75, 3.05) is 37.5 Å². The van der Waals surface area contributed by atoms with Crippen LogP contribution in [0, 0.1) is 5.41 Å². The first kappa shape index (κ1) is 16.7. The minimum atomic E-state index is -1.10. The van der Waals surface area contributed by atoms with Crippen molar-refractivity contribution in [1.29, 1.82) is 0 Å². The lowest BCUT2D eigenvalue weighted by Crippen LogP contribution is -2.34. The molecule has 0 bridgehead atoms. The molecule has 0 aliphatic rings. The fourth-order valence-corrected chi connectivity index (χ4v) is 2.63. The molecule has 0 aromatic heterocycles. The third kappa shape index (κ3) is 8.45. The average Bonchev–Trinajstić information content (AvgIpc) is 2.39. The summed E-state index contributed by atoms with van der Waals surface area (Å²) in [6.45, 7) is 4.66. The van der Waals surface area contributed by atoms with Crippen LogP contribution in [0.2, 0.25) is 0 Å². The van der Waals surface area contributed by atoms with E-state index in [1.54, 1.807) is 6.92 Å². The largest absolute Gasteiger partial charge is 0.465 e. The highest BCUT2D eigenvalue weighted by atomic mass is 32.2. The van der Waals surface area contributed by atoms with Crippen molar-refractivity contribution >= 4 is 32.2 Å². The molecule has 0 spiro atoms. The van der Waals surface area contributed by atoms with Gasteiger partial charge in [-0.25, -0.2) is 0 Å². The van der Waals surface area contributed by atoms with Crippen molar-refractivity contribution in [3.05, 3.63) is 0 Å². The molecular formula is C12H25N2O3PS. The molecular weight excluding hydrogens is 283 g/mol. The summed E-state index contributed by atoms with van der Waals surface area (Å²) >= 11 is 1.52. The van der Waals surface area contributed by atoms with Crippen LogP contribution < -0.4 is 11.5 Å². The molecule has 0 saturated carbocycles. The van der Waals surface area contributed by atoms with Gasteiger partial charge in [0.25, 0.3) is 0 Å². The van der Waals surface area contributed by atoms with E-state index in [0.717, 1.165) is 20.5 Å². The number of rotatable bonds is 11. The van der Waals surface area contributed by atoms with Gasteiger partial charge in [-0.1, -0.05) is 0 Å². The molecule has 3 unspecified atom stereocenters. The predicted octanol–water partition coefficient (Wildman–Crippen LogP) is 0.802. The molecule has 0 aliphatic carbocycles. The van der Waals surface area contributed by atoms with Gasteiger partial charge < -0.3 is 16.2 Å². The van der Waals surface area contributed by atoms with Gasteiger partial charge in [0.15, 0.2) is 0 Å². The van der Waals surface area contributed by atoms with E-state index in [0.29, 0.717) is 18.9 Å². The molecule has 0 aromatic carbocycles. The Kier molecular flexibility index (Phi) is 9.22. The van der Waals surface area contributed by atoms with Crippen LogP contribution in [0.3, 0.4) is 0 Å². The highest BCUT2D eigenvalue weighted by Gasteiger charge is 2.34. The first-order chi connectivity index (χ1) is 9.37. The van der Waals surface area contributed by atoms with E-state index >= 15 is 0 Å². The number of carbonyl (C=O) groups is 2.